The quantitative estimate of drug-likeness (QED) is 0.803. The summed E-state index contributed by atoms with van der Waals surface area (Å²) in [6.07, 6.45) is 0. The number of piperazine rings is 1. The molecule has 1 aromatic rings. The fraction of sp³-hybridized carbons (Fsp3) is 0.571. The number of hydrogen-bond donors (Lipinski definition) is 1. The highest BCUT2D eigenvalue weighted by Gasteiger charge is 2.17. The lowest BCUT2D eigenvalue weighted by atomic mass is 10.2. The standard InChI is InChI=1S/C14H22N2O2/c1-12-11-15-7-8-16(12)13-3-5-14(6-4-13)18-10-9-17-2/h3-6,12,15H,7-11H2,1-2H3/t12-/m1/s1. The van der Waals surface area contributed by atoms with Gasteiger partial charge in [0.15, 0.2) is 0 Å². The van der Waals surface area contributed by atoms with E-state index in [4.69, 9.17) is 9.47 Å². The average molecular weight is 250 g/mol. The summed E-state index contributed by atoms with van der Waals surface area (Å²) in [5.74, 6) is 0.901. The zero-order valence-electron chi connectivity index (χ0n) is 11.2. The van der Waals surface area contributed by atoms with Crippen molar-refractivity contribution in [3.05, 3.63) is 24.3 Å². The third kappa shape index (κ3) is 3.37. The molecule has 1 fully saturated rings. The van der Waals surface area contributed by atoms with E-state index in [0.29, 0.717) is 19.3 Å². The lowest BCUT2D eigenvalue weighted by Gasteiger charge is -2.35. The summed E-state index contributed by atoms with van der Waals surface area (Å²) in [5.41, 5.74) is 1.27. The zero-order valence-corrected chi connectivity index (χ0v) is 11.2. The number of anilines is 1. The molecule has 1 aliphatic heterocycles. The summed E-state index contributed by atoms with van der Waals surface area (Å²) in [4.78, 5) is 2.43. The molecule has 4 heteroatoms. The summed E-state index contributed by atoms with van der Waals surface area (Å²) in [6.45, 7) is 6.62. The second kappa shape index (κ2) is 6.61. The molecular formula is C14H22N2O2. The van der Waals surface area contributed by atoms with Gasteiger partial charge in [0, 0.05) is 38.5 Å². The lowest BCUT2D eigenvalue weighted by molar-refractivity contribution is 0.146. The van der Waals surface area contributed by atoms with Gasteiger partial charge in [0.2, 0.25) is 0 Å². The Bertz CT molecular complexity index is 353. The largest absolute Gasteiger partial charge is 0.491 e. The Morgan fingerprint density at radius 3 is 2.72 bits per heavy atom. The van der Waals surface area contributed by atoms with Crippen molar-refractivity contribution < 1.29 is 9.47 Å². The van der Waals surface area contributed by atoms with E-state index in [1.807, 2.05) is 12.1 Å². The topological polar surface area (TPSA) is 33.7 Å². The molecule has 1 aliphatic rings. The van der Waals surface area contributed by atoms with E-state index in [1.54, 1.807) is 7.11 Å². The second-order valence-corrected chi connectivity index (χ2v) is 4.58. The minimum absolute atomic E-state index is 0.541. The van der Waals surface area contributed by atoms with Crippen LogP contribution in [0.25, 0.3) is 0 Å². The Morgan fingerprint density at radius 2 is 2.06 bits per heavy atom. The molecule has 0 saturated carbocycles. The van der Waals surface area contributed by atoms with Gasteiger partial charge in [-0.25, -0.2) is 0 Å². The normalized spacial score (nSPS) is 19.9. The predicted octanol–water partition coefficient (Wildman–Crippen LogP) is 1.51. The molecule has 0 aromatic heterocycles. The highest BCUT2D eigenvalue weighted by Crippen LogP contribution is 2.21. The first-order valence-electron chi connectivity index (χ1n) is 6.50. The van der Waals surface area contributed by atoms with E-state index >= 15 is 0 Å². The Morgan fingerprint density at radius 1 is 1.28 bits per heavy atom. The molecule has 1 saturated heterocycles. The fourth-order valence-electron chi connectivity index (χ4n) is 2.20. The number of benzene rings is 1. The molecule has 1 heterocycles. The molecule has 0 unspecified atom stereocenters. The van der Waals surface area contributed by atoms with E-state index in [1.165, 1.54) is 5.69 Å². The highest BCUT2D eigenvalue weighted by molar-refractivity contribution is 5.50. The van der Waals surface area contributed by atoms with Crippen LogP contribution in [0.3, 0.4) is 0 Å². The molecule has 0 spiro atoms. The van der Waals surface area contributed by atoms with Crippen molar-refractivity contribution in [3.63, 3.8) is 0 Å². The average Bonchev–Trinajstić information content (AvgIpc) is 2.41. The Kier molecular flexibility index (Phi) is 4.84. The molecule has 4 nitrogen and oxygen atoms in total. The Labute approximate surface area is 109 Å². The number of nitrogens with one attached hydrogen (secondary N) is 1. The minimum Gasteiger partial charge on any atom is -0.491 e. The van der Waals surface area contributed by atoms with E-state index < -0.39 is 0 Å². The van der Waals surface area contributed by atoms with E-state index in [-0.39, 0.29) is 0 Å². The second-order valence-electron chi connectivity index (χ2n) is 4.58. The van der Waals surface area contributed by atoms with E-state index in [2.05, 4.69) is 29.3 Å². The van der Waals surface area contributed by atoms with Gasteiger partial charge in [0.05, 0.1) is 6.61 Å². The van der Waals surface area contributed by atoms with Gasteiger partial charge in [-0.2, -0.15) is 0 Å². The summed E-state index contributed by atoms with van der Waals surface area (Å²) >= 11 is 0. The molecular weight excluding hydrogens is 228 g/mol. The number of ether oxygens (including phenoxy) is 2. The maximum absolute atomic E-state index is 5.56. The molecule has 0 radical (unpaired) electrons. The molecule has 0 amide bonds. The third-order valence-electron chi connectivity index (χ3n) is 3.23. The molecule has 100 valence electrons. The SMILES string of the molecule is COCCOc1ccc(N2CCNC[C@H]2C)cc1. The van der Waals surface area contributed by atoms with Crippen LogP contribution in [-0.4, -0.2) is 46.0 Å². The van der Waals surface area contributed by atoms with Gasteiger partial charge < -0.3 is 19.7 Å². The molecule has 2 rings (SSSR count). The fourth-order valence-corrected chi connectivity index (χ4v) is 2.20. The number of rotatable bonds is 5. The van der Waals surface area contributed by atoms with Crippen LogP contribution in [0.1, 0.15) is 6.92 Å². The first-order chi connectivity index (χ1) is 8.81. The highest BCUT2D eigenvalue weighted by atomic mass is 16.5. The zero-order chi connectivity index (χ0) is 12.8. The van der Waals surface area contributed by atoms with Gasteiger partial charge >= 0.3 is 0 Å². The maximum Gasteiger partial charge on any atom is 0.119 e. The van der Waals surface area contributed by atoms with Gasteiger partial charge in [-0.1, -0.05) is 0 Å². The number of methoxy groups -OCH3 is 1. The van der Waals surface area contributed by atoms with Crippen LogP contribution in [0.15, 0.2) is 24.3 Å². The predicted molar refractivity (Wildman–Crippen MR) is 73.5 cm³/mol. The van der Waals surface area contributed by atoms with Crippen molar-refractivity contribution in [1.82, 2.24) is 5.32 Å². The van der Waals surface area contributed by atoms with Crippen LogP contribution in [0.2, 0.25) is 0 Å². The molecule has 1 aromatic carbocycles. The summed E-state index contributed by atoms with van der Waals surface area (Å²) in [5, 5.41) is 3.40. The molecule has 0 bridgehead atoms. The van der Waals surface area contributed by atoms with Crippen molar-refractivity contribution >= 4 is 5.69 Å². The van der Waals surface area contributed by atoms with Crippen LogP contribution >= 0.6 is 0 Å². The van der Waals surface area contributed by atoms with Crippen molar-refractivity contribution in [2.24, 2.45) is 0 Å². The Balaban J connectivity index is 1.94. The third-order valence-corrected chi connectivity index (χ3v) is 3.23. The smallest absolute Gasteiger partial charge is 0.119 e. The molecule has 1 atom stereocenters. The first-order valence-corrected chi connectivity index (χ1v) is 6.50. The van der Waals surface area contributed by atoms with Crippen LogP contribution in [0.4, 0.5) is 5.69 Å². The minimum atomic E-state index is 0.541. The number of nitrogens with zero attached hydrogens (tertiary/aromatic N) is 1. The van der Waals surface area contributed by atoms with Gasteiger partial charge in [-0.15, -0.1) is 0 Å². The van der Waals surface area contributed by atoms with Gasteiger partial charge in [0.25, 0.3) is 0 Å². The van der Waals surface area contributed by atoms with Gasteiger partial charge in [-0.05, 0) is 31.2 Å². The first kappa shape index (κ1) is 13.2. The van der Waals surface area contributed by atoms with Crippen molar-refractivity contribution in [2.45, 2.75) is 13.0 Å². The van der Waals surface area contributed by atoms with E-state index in [9.17, 15) is 0 Å². The molecule has 0 aliphatic carbocycles. The number of hydrogen-bond acceptors (Lipinski definition) is 4. The molecule has 1 N–H and O–H groups in total. The van der Waals surface area contributed by atoms with Crippen LogP contribution in [-0.2, 0) is 4.74 Å². The van der Waals surface area contributed by atoms with Crippen molar-refractivity contribution in [3.8, 4) is 5.75 Å². The summed E-state index contributed by atoms with van der Waals surface area (Å²) in [6, 6.07) is 8.85. The molecule has 18 heavy (non-hydrogen) atoms. The monoisotopic (exact) mass is 250 g/mol. The van der Waals surface area contributed by atoms with Crippen LogP contribution in [0, 0.1) is 0 Å². The Hall–Kier alpha value is -1.26. The maximum atomic E-state index is 5.56. The van der Waals surface area contributed by atoms with Crippen molar-refractivity contribution in [1.29, 1.82) is 0 Å². The van der Waals surface area contributed by atoms with Gasteiger partial charge in [0.1, 0.15) is 12.4 Å². The van der Waals surface area contributed by atoms with Crippen molar-refractivity contribution in [2.75, 3.05) is 44.9 Å². The van der Waals surface area contributed by atoms with Gasteiger partial charge in [-0.3, -0.25) is 0 Å². The van der Waals surface area contributed by atoms with Crippen LogP contribution in [0.5, 0.6) is 5.75 Å². The van der Waals surface area contributed by atoms with E-state index in [0.717, 1.165) is 25.4 Å². The van der Waals surface area contributed by atoms with Crippen LogP contribution < -0.4 is 15.0 Å². The summed E-state index contributed by atoms with van der Waals surface area (Å²) in [7, 11) is 1.68. The summed E-state index contributed by atoms with van der Waals surface area (Å²) < 4.78 is 10.5. The lowest BCUT2D eigenvalue weighted by Crippen LogP contribution is -2.49.